The zero-order valence-corrected chi connectivity index (χ0v) is 13.9. The minimum absolute atomic E-state index is 0.879. The molecular formula is C20H20N2S. The molecule has 23 heavy (non-hydrogen) atoms. The molecule has 1 aliphatic heterocycles. The van der Waals surface area contributed by atoms with Gasteiger partial charge >= 0.3 is 0 Å². The average molecular weight is 320 g/mol. The lowest BCUT2D eigenvalue weighted by atomic mass is 10.1. The van der Waals surface area contributed by atoms with Gasteiger partial charge in [0, 0.05) is 42.3 Å². The molecule has 2 heterocycles. The molecule has 2 aromatic carbocycles. The third-order valence-corrected chi connectivity index (χ3v) is 5.09. The predicted molar refractivity (Wildman–Crippen MR) is 100.0 cm³/mol. The van der Waals surface area contributed by atoms with E-state index in [9.17, 15) is 0 Å². The van der Waals surface area contributed by atoms with E-state index in [-0.39, 0.29) is 0 Å². The molecule has 2 nitrogen and oxygen atoms in total. The molecule has 0 unspecified atom stereocenters. The number of nitrogens with zero attached hydrogens (tertiary/aromatic N) is 2. The normalized spacial score (nSPS) is 14.5. The lowest BCUT2D eigenvalue weighted by Crippen LogP contribution is -2.26. The summed E-state index contributed by atoms with van der Waals surface area (Å²) >= 11 is 5.80. The number of rotatable bonds is 3. The minimum atomic E-state index is 0.879. The van der Waals surface area contributed by atoms with Crippen LogP contribution in [0.5, 0.6) is 0 Å². The fourth-order valence-corrected chi connectivity index (χ4v) is 3.76. The summed E-state index contributed by atoms with van der Waals surface area (Å²) in [6.45, 7) is 3.07. The molecule has 0 aliphatic carbocycles. The second-order valence-electron chi connectivity index (χ2n) is 6.17. The molecule has 0 amide bonds. The van der Waals surface area contributed by atoms with E-state index < -0.39 is 0 Å². The fourth-order valence-electron chi connectivity index (χ4n) is 3.42. The van der Waals surface area contributed by atoms with E-state index in [1.807, 2.05) is 0 Å². The molecular weight excluding hydrogens is 300 g/mol. The first-order valence-corrected chi connectivity index (χ1v) is 8.65. The van der Waals surface area contributed by atoms with Crippen molar-refractivity contribution in [1.29, 1.82) is 0 Å². The number of para-hydroxylation sites is 1. The maximum Gasteiger partial charge on any atom is 0.111 e. The van der Waals surface area contributed by atoms with E-state index in [2.05, 4.69) is 70.3 Å². The van der Waals surface area contributed by atoms with E-state index in [1.165, 1.54) is 34.9 Å². The van der Waals surface area contributed by atoms with Crippen molar-refractivity contribution >= 4 is 28.1 Å². The van der Waals surface area contributed by atoms with Gasteiger partial charge in [-0.25, -0.2) is 0 Å². The summed E-state index contributed by atoms with van der Waals surface area (Å²) in [6.07, 6.45) is 4.74. The molecule has 0 saturated carbocycles. The zero-order chi connectivity index (χ0) is 15.6. The molecule has 3 aromatic rings. The topological polar surface area (TPSA) is 8.17 Å². The molecule has 1 saturated heterocycles. The van der Waals surface area contributed by atoms with E-state index in [1.54, 1.807) is 0 Å². The van der Waals surface area contributed by atoms with Crippen molar-refractivity contribution in [2.75, 3.05) is 13.1 Å². The maximum absolute atomic E-state index is 5.80. The Morgan fingerprint density at radius 2 is 1.61 bits per heavy atom. The van der Waals surface area contributed by atoms with Gasteiger partial charge in [0.2, 0.25) is 0 Å². The SMILES string of the molecule is S=C(c1cn(Cc2ccccc2)c2ccccc12)N1CCCC1. The Morgan fingerprint density at radius 3 is 2.39 bits per heavy atom. The highest BCUT2D eigenvalue weighted by molar-refractivity contribution is 7.80. The van der Waals surface area contributed by atoms with Crippen LogP contribution in [0.1, 0.15) is 24.0 Å². The van der Waals surface area contributed by atoms with E-state index in [4.69, 9.17) is 12.2 Å². The molecule has 0 N–H and O–H groups in total. The zero-order valence-electron chi connectivity index (χ0n) is 13.1. The monoisotopic (exact) mass is 320 g/mol. The van der Waals surface area contributed by atoms with Crippen LogP contribution >= 0.6 is 12.2 Å². The second kappa shape index (κ2) is 6.17. The Bertz CT molecular complexity index is 829. The Kier molecular flexibility index (Phi) is 3.88. The van der Waals surface area contributed by atoms with E-state index >= 15 is 0 Å². The van der Waals surface area contributed by atoms with Gasteiger partial charge in [0.15, 0.2) is 0 Å². The van der Waals surface area contributed by atoms with Gasteiger partial charge in [0.1, 0.15) is 4.99 Å². The Hall–Kier alpha value is -2.13. The van der Waals surface area contributed by atoms with Crippen LogP contribution in [-0.2, 0) is 6.54 Å². The molecule has 1 fully saturated rings. The Morgan fingerprint density at radius 1 is 0.913 bits per heavy atom. The van der Waals surface area contributed by atoms with Crippen molar-refractivity contribution in [3.05, 3.63) is 71.9 Å². The van der Waals surface area contributed by atoms with Crippen LogP contribution in [0, 0.1) is 0 Å². The molecule has 1 aromatic heterocycles. The first kappa shape index (κ1) is 14.5. The van der Waals surface area contributed by atoms with Gasteiger partial charge in [0.05, 0.1) is 0 Å². The minimum Gasteiger partial charge on any atom is -0.362 e. The second-order valence-corrected chi connectivity index (χ2v) is 6.56. The average Bonchev–Trinajstić information content (AvgIpc) is 3.24. The first-order chi connectivity index (χ1) is 11.3. The van der Waals surface area contributed by atoms with Crippen LogP contribution < -0.4 is 0 Å². The maximum atomic E-state index is 5.80. The van der Waals surface area contributed by atoms with Crippen molar-refractivity contribution in [3.63, 3.8) is 0 Å². The van der Waals surface area contributed by atoms with E-state index in [0.717, 1.165) is 24.6 Å². The molecule has 116 valence electrons. The summed E-state index contributed by atoms with van der Waals surface area (Å²) in [4.78, 5) is 3.36. The molecule has 4 rings (SSSR count). The Balaban J connectivity index is 1.75. The summed E-state index contributed by atoms with van der Waals surface area (Å²) in [5, 5.41) is 1.26. The van der Waals surface area contributed by atoms with Crippen LogP contribution in [0.25, 0.3) is 10.9 Å². The molecule has 1 aliphatic rings. The van der Waals surface area contributed by atoms with Gasteiger partial charge in [-0.3, -0.25) is 0 Å². The molecule has 3 heteroatoms. The van der Waals surface area contributed by atoms with Gasteiger partial charge < -0.3 is 9.47 Å². The van der Waals surface area contributed by atoms with Crippen LogP contribution in [-0.4, -0.2) is 27.5 Å². The summed E-state index contributed by atoms with van der Waals surface area (Å²) in [7, 11) is 0. The fraction of sp³-hybridized carbons (Fsp3) is 0.250. The summed E-state index contributed by atoms with van der Waals surface area (Å²) in [5.74, 6) is 0. The van der Waals surface area contributed by atoms with Gasteiger partial charge in [-0.1, -0.05) is 60.7 Å². The lowest BCUT2D eigenvalue weighted by Gasteiger charge is -2.17. The van der Waals surface area contributed by atoms with E-state index in [0.29, 0.717) is 0 Å². The van der Waals surface area contributed by atoms with Gasteiger partial charge in [-0.05, 0) is 24.5 Å². The predicted octanol–water partition coefficient (Wildman–Crippen LogP) is 4.46. The van der Waals surface area contributed by atoms with Crippen LogP contribution in [0.3, 0.4) is 0 Å². The highest BCUT2D eigenvalue weighted by Gasteiger charge is 2.20. The van der Waals surface area contributed by atoms with Gasteiger partial charge in [-0.2, -0.15) is 0 Å². The first-order valence-electron chi connectivity index (χ1n) is 8.24. The van der Waals surface area contributed by atoms with Crippen LogP contribution in [0.2, 0.25) is 0 Å². The summed E-state index contributed by atoms with van der Waals surface area (Å²) in [6, 6.07) is 19.2. The van der Waals surface area contributed by atoms with Gasteiger partial charge in [0.25, 0.3) is 0 Å². The van der Waals surface area contributed by atoms with Gasteiger partial charge in [-0.15, -0.1) is 0 Å². The number of likely N-dealkylation sites (tertiary alicyclic amines) is 1. The standard InChI is InChI=1S/C20H20N2S/c23-20(21-12-6-7-13-21)18-15-22(14-16-8-2-1-3-9-16)19-11-5-4-10-17(18)19/h1-5,8-11,15H,6-7,12-14H2. The Labute approximate surface area is 142 Å². The van der Waals surface area contributed by atoms with Crippen molar-refractivity contribution in [3.8, 4) is 0 Å². The number of fused-ring (bicyclic) bond motifs is 1. The lowest BCUT2D eigenvalue weighted by molar-refractivity contribution is 0.530. The molecule has 0 spiro atoms. The highest BCUT2D eigenvalue weighted by Crippen LogP contribution is 2.25. The quantitative estimate of drug-likeness (QED) is 0.658. The third kappa shape index (κ3) is 2.77. The van der Waals surface area contributed by atoms with Crippen molar-refractivity contribution < 1.29 is 0 Å². The number of hydrogen-bond donors (Lipinski definition) is 0. The largest absolute Gasteiger partial charge is 0.362 e. The van der Waals surface area contributed by atoms with Crippen molar-refractivity contribution in [1.82, 2.24) is 9.47 Å². The smallest absolute Gasteiger partial charge is 0.111 e. The number of benzene rings is 2. The molecule has 0 bridgehead atoms. The molecule has 0 atom stereocenters. The summed E-state index contributed by atoms with van der Waals surface area (Å²) in [5.41, 5.74) is 3.77. The number of thiocarbonyl (C=S) groups is 1. The van der Waals surface area contributed by atoms with Crippen molar-refractivity contribution in [2.24, 2.45) is 0 Å². The van der Waals surface area contributed by atoms with Crippen LogP contribution in [0.15, 0.2) is 60.8 Å². The number of aromatic nitrogens is 1. The van der Waals surface area contributed by atoms with Crippen molar-refractivity contribution in [2.45, 2.75) is 19.4 Å². The number of hydrogen-bond acceptors (Lipinski definition) is 1. The molecule has 0 radical (unpaired) electrons. The third-order valence-electron chi connectivity index (χ3n) is 4.61. The highest BCUT2D eigenvalue weighted by atomic mass is 32.1. The summed E-state index contributed by atoms with van der Waals surface area (Å²) < 4.78 is 2.32. The van der Waals surface area contributed by atoms with Crippen LogP contribution in [0.4, 0.5) is 0 Å².